The summed E-state index contributed by atoms with van der Waals surface area (Å²) in [6.45, 7) is 2.02. The van der Waals surface area contributed by atoms with E-state index in [1.54, 1.807) is 11.3 Å². The largest absolute Gasteiger partial charge is 0.298 e. The second-order valence-corrected chi connectivity index (χ2v) is 4.26. The van der Waals surface area contributed by atoms with Crippen molar-refractivity contribution in [1.82, 2.24) is 0 Å². The van der Waals surface area contributed by atoms with Crippen LogP contribution in [0.2, 0.25) is 0 Å². The van der Waals surface area contributed by atoms with Gasteiger partial charge in [0.1, 0.15) is 0 Å². The molecule has 0 fully saturated rings. The molecule has 0 aliphatic heterocycles. The zero-order chi connectivity index (χ0) is 9.42. The van der Waals surface area contributed by atoms with Crippen LogP contribution in [-0.2, 0) is 0 Å². The third-order valence-electron chi connectivity index (χ3n) is 2.12. The van der Waals surface area contributed by atoms with Crippen molar-refractivity contribution in [3.8, 4) is 0 Å². The van der Waals surface area contributed by atoms with Crippen LogP contribution in [0.4, 0.5) is 0 Å². The van der Waals surface area contributed by atoms with Crippen molar-refractivity contribution in [3.63, 3.8) is 0 Å². The second-order valence-electron chi connectivity index (χ2n) is 2.90. The van der Waals surface area contributed by atoms with Gasteiger partial charge in [-0.25, -0.2) is 0 Å². The number of aryl methyl sites for hydroxylation is 1. The molecule has 66 valence electrons. The minimum atomic E-state index is 0.774. The van der Waals surface area contributed by atoms with Crippen LogP contribution >= 0.6 is 24.0 Å². The lowest BCUT2D eigenvalue weighted by Crippen LogP contribution is -1.78. The summed E-state index contributed by atoms with van der Waals surface area (Å²) in [5, 5.41) is 2.92. The van der Waals surface area contributed by atoms with Gasteiger partial charge in [-0.2, -0.15) is 0 Å². The van der Waals surface area contributed by atoms with Crippen LogP contribution in [0.25, 0.3) is 10.1 Å². The molecule has 1 aromatic heterocycles. The van der Waals surface area contributed by atoms with Crippen LogP contribution in [0.5, 0.6) is 0 Å². The molecule has 1 nitrogen and oxygen atoms in total. The molecular formula is C10H8OS2. The molecule has 0 unspecified atom stereocenters. The summed E-state index contributed by atoms with van der Waals surface area (Å²) in [5.74, 6) is 0. The lowest BCUT2D eigenvalue weighted by atomic mass is 10.1. The Morgan fingerprint density at radius 1 is 1.46 bits per heavy atom. The van der Waals surface area contributed by atoms with Crippen LogP contribution in [0.1, 0.15) is 15.9 Å². The first-order valence-electron chi connectivity index (χ1n) is 3.89. The number of aldehydes is 1. The van der Waals surface area contributed by atoms with Crippen LogP contribution < -0.4 is 0 Å². The number of rotatable bonds is 1. The smallest absolute Gasteiger partial charge is 0.151 e. The molecule has 0 atom stereocenters. The first kappa shape index (κ1) is 8.78. The maximum Gasteiger partial charge on any atom is 0.151 e. The minimum absolute atomic E-state index is 0.774. The van der Waals surface area contributed by atoms with Crippen molar-refractivity contribution < 1.29 is 4.79 Å². The summed E-state index contributed by atoms with van der Waals surface area (Å²) in [7, 11) is 0. The maximum atomic E-state index is 10.7. The first-order chi connectivity index (χ1) is 6.24. The predicted octanol–water partition coefficient (Wildman–Crippen LogP) is 3.31. The molecule has 0 N–H and O–H groups in total. The highest BCUT2D eigenvalue weighted by Crippen LogP contribution is 2.31. The lowest BCUT2D eigenvalue weighted by molar-refractivity contribution is 0.112. The molecule has 0 amide bonds. The first-order valence-corrected chi connectivity index (χ1v) is 5.21. The van der Waals surface area contributed by atoms with Crippen molar-refractivity contribution in [2.75, 3.05) is 0 Å². The van der Waals surface area contributed by atoms with Gasteiger partial charge in [0.25, 0.3) is 0 Å². The molecule has 1 aromatic carbocycles. The molecule has 3 heteroatoms. The number of thiophene rings is 1. The number of fused-ring (bicyclic) bond motifs is 1. The maximum absolute atomic E-state index is 10.7. The zero-order valence-electron chi connectivity index (χ0n) is 7.07. The number of benzene rings is 1. The number of carbonyl (C=O) groups is 1. The van der Waals surface area contributed by atoms with Gasteiger partial charge >= 0.3 is 0 Å². The van der Waals surface area contributed by atoms with Crippen molar-refractivity contribution >= 4 is 40.3 Å². The molecular weight excluding hydrogens is 200 g/mol. The van der Waals surface area contributed by atoms with Gasteiger partial charge in [0.2, 0.25) is 0 Å². The number of carbonyl (C=O) groups excluding carboxylic acids is 1. The molecule has 0 saturated carbocycles. The fourth-order valence-electron chi connectivity index (χ4n) is 1.34. The predicted molar refractivity (Wildman–Crippen MR) is 59.2 cm³/mol. The molecule has 13 heavy (non-hydrogen) atoms. The minimum Gasteiger partial charge on any atom is -0.298 e. The molecule has 0 bridgehead atoms. The van der Waals surface area contributed by atoms with E-state index in [9.17, 15) is 4.79 Å². The summed E-state index contributed by atoms with van der Waals surface area (Å²) in [6.07, 6.45) is 0.899. The van der Waals surface area contributed by atoms with Crippen LogP contribution in [-0.4, -0.2) is 6.29 Å². The van der Waals surface area contributed by atoms with E-state index >= 15 is 0 Å². The fourth-order valence-corrected chi connectivity index (χ4v) is 2.63. The van der Waals surface area contributed by atoms with Crippen molar-refractivity contribution in [1.29, 1.82) is 0 Å². The normalized spacial score (nSPS) is 10.6. The van der Waals surface area contributed by atoms with E-state index in [2.05, 4.69) is 12.6 Å². The SMILES string of the molecule is Cc1c(S)ccc2c(C=O)csc12. The Labute approximate surface area is 85.8 Å². The summed E-state index contributed by atoms with van der Waals surface area (Å²) in [6, 6.07) is 3.88. The Kier molecular flexibility index (Phi) is 2.14. The van der Waals surface area contributed by atoms with E-state index in [-0.39, 0.29) is 0 Å². The van der Waals surface area contributed by atoms with Crippen molar-refractivity contribution in [3.05, 3.63) is 28.6 Å². The molecule has 1 heterocycles. The van der Waals surface area contributed by atoms with Gasteiger partial charge in [0.05, 0.1) is 0 Å². The average molecular weight is 208 g/mol. The molecule has 0 aliphatic carbocycles. The Morgan fingerprint density at radius 3 is 2.92 bits per heavy atom. The zero-order valence-corrected chi connectivity index (χ0v) is 8.78. The fraction of sp³-hybridized carbons (Fsp3) is 0.100. The number of hydrogen-bond donors (Lipinski definition) is 1. The van der Waals surface area contributed by atoms with E-state index in [4.69, 9.17) is 0 Å². The standard InChI is InChI=1S/C10H8OS2/c1-6-9(12)3-2-8-7(4-11)5-13-10(6)8/h2-5,12H,1H3. The number of hydrogen-bond acceptors (Lipinski definition) is 3. The van der Waals surface area contributed by atoms with Crippen LogP contribution in [0.3, 0.4) is 0 Å². The van der Waals surface area contributed by atoms with Crippen LogP contribution in [0.15, 0.2) is 22.4 Å². The Bertz CT molecular complexity index is 471. The van der Waals surface area contributed by atoms with E-state index in [1.165, 1.54) is 0 Å². The second kappa shape index (κ2) is 3.16. The Balaban J connectivity index is 2.88. The van der Waals surface area contributed by atoms with Crippen molar-refractivity contribution in [2.45, 2.75) is 11.8 Å². The van der Waals surface area contributed by atoms with E-state index in [0.29, 0.717) is 0 Å². The highest BCUT2D eigenvalue weighted by molar-refractivity contribution is 7.80. The molecule has 0 aliphatic rings. The lowest BCUT2D eigenvalue weighted by Gasteiger charge is -1.99. The topological polar surface area (TPSA) is 17.1 Å². The van der Waals surface area contributed by atoms with E-state index in [1.807, 2.05) is 24.4 Å². The Hall–Kier alpha value is -0.800. The van der Waals surface area contributed by atoms with Gasteiger partial charge in [0, 0.05) is 25.9 Å². The summed E-state index contributed by atoms with van der Waals surface area (Å²) >= 11 is 5.93. The third kappa shape index (κ3) is 1.28. The van der Waals surface area contributed by atoms with E-state index < -0.39 is 0 Å². The van der Waals surface area contributed by atoms with Crippen molar-refractivity contribution in [2.24, 2.45) is 0 Å². The quantitative estimate of drug-likeness (QED) is 0.562. The van der Waals surface area contributed by atoms with Gasteiger partial charge in [-0.3, -0.25) is 4.79 Å². The molecule has 0 radical (unpaired) electrons. The van der Waals surface area contributed by atoms with Gasteiger partial charge in [-0.15, -0.1) is 24.0 Å². The van der Waals surface area contributed by atoms with Gasteiger partial charge < -0.3 is 0 Å². The van der Waals surface area contributed by atoms with Gasteiger partial charge in [0.15, 0.2) is 6.29 Å². The van der Waals surface area contributed by atoms with Crippen LogP contribution in [0, 0.1) is 6.92 Å². The molecule has 2 rings (SSSR count). The number of thiol groups is 1. The summed E-state index contributed by atoms with van der Waals surface area (Å²) in [4.78, 5) is 11.6. The van der Waals surface area contributed by atoms with E-state index in [0.717, 1.165) is 32.4 Å². The highest BCUT2D eigenvalue weighted by atomic mass is 32.1. The monoisotopic (exact) mass is 208 g/mol. The summed E-state index contributed by atoms with van der Waals surface area (Å²) in [5.41, 5.74) is 1.93. The molecule has 0 saturated heterocycles. The highest BCUT2D eigenvalue weighted by Gasteiger charge is 2.06. The average Bonchev–Trinajstić information content (AvgIpc) is 2.55. The summed E-state index contributed by atoms with van der Waals surface area (Å²) < 4.78 is 1.16. The molecule has 0 spiro atoms. The van der Waals surface area contributed by atoms with Gasteiger partial charge in [-0.05, 0) is 18.6 Å². The Morgan fingerprint density at radius 2 is 2.23 bits per heavy atom. The molecule has 2 aromatic rings. The van der Waals surface area contributed by atoms with Gasteiger partial charge in [-0.1, -0.05) is 6.07 Å². The third-order valence-corrected chi connectivity index (χ3v) is 3.74.